The molecule has 2 aliphatic rings. The van der Waals surface area contributed by atoms with E-state index < -0.39 is 0 Å². The second-order valence-electron chi connectivity index (χ2n) is 3.50. The molecule has 0 aromatic heterocycles. The fourth-order valence-corrected chi connectivity index (χ4v) is 1.82. The minimum atomic E-state index is -0.355. The van der Waals surface area contributed by atoms with Gasteiger partial charge in [-0.05, 0) is 13.5 Å². The van der Waals surface area contributed by atoms with Gasteiger partial charge in [-0.3, -0.25) is 0 Å². The number of amides is 2. The van der Waals surface area contributed by atoms with Gasteiger partial charge < -0.3 is 16.0 Å². The lowest BCUT2D eigenvalue weighted by atomic mass is 9.99. The number of nitrogens with one attached hydrogen (secondary N) is 1. The Morgan fingerprint density at radius 3 is 2.92 bits per heavy atom. The van der Waals surface area contributed by atoms with E-state index in [1.165, 1.54) is 0 Å². The molecule has 0 saturated carbocycles. The number of carbonyl (C=O) groups excluding carboxylic acids is 1. The zero-order chi connectivity index (χ0) is 8.77. The van der Waals surface area contributed by atoms with Crippen molar-refractivity contribution >= 4 is 11.9 Å². The van der Waals surface area contributed by atoms with Crippen LogP contribution in [0.1, 0.15) is 6.42 Å². The lowest BCUT2D eigenvalue weighted by Crippen LogP contribution is -2.53. The Morgan fingerprint density at radius 1 is 1.75 bits per heavy atom. The maximum Gasteiger partial charge on any atom is 0.343 e. The van der Waals surface area contributed by atoms with Gasteiger partial charge in [-0.25, -0.2) is 4.79 Å². The van der Waals surface area contributed by atoms with Crippen molar-refractivity contribution < 1.29 is 4.79 Å². The number of likely N-dealkylation sites (N-methyl/N-ethyl adjacent to an activating group) is 1. The van der Waals surface area contributed by atoms with E-state index in [4.69, 9.17) is 5.73 Å². The molecule has 12 heavy (non-hydrogen) atoms. The van der Waals surface area contributed by atoms with Crippen molar-refractivity contribution in [3.05, 3.63) is 0 Å². The van der Waals surface area contributed by atoms with Gasteiger partial charge in [-0.15, -0.1) is 0 Å². The number of nitrogens with two attached hydrogens (primary N) is 1. The number of hydrogen-bond donors (Lipinski definition) is 2. The van der Waals surface area contributed by atoms with Crippen molar-refractivity contribution in [1.29, 1.82) is 0 Å². The fourth-order valence-electron chi connectivity index (χ4n) is 1.82. The summed E-state index contributed by atoms with van der Waals surface area (Å²) in [6, 6.07) is -0.303. The summed E-state index contributed by atoms with van der Waals surface area (Å²) < 4.78 is 0. The number of aliphatic imine (C=N–C) groups is 1. The monoisotopic (exact) mass is 168 g/mol. The molecule has 2 amide bonds. The zero-order valence-electron chi connectivity index (χ0n) is 7.00. The molecule has 1 saturated heterocycles. The van der Waals surface area contributed by atoms with Gasteiger partial charge >= 0.3 is 6.03 Å². The summed E-state index contributed by atoms with van der Waals surface area (Å²) in [5.74, 6) is 0.442. The molecular formula is C7H12N4O. The van der Waals surface area contributed by atoms with Crippen LogP contribution in [0.15, 0.2) is 4.99 Å². The Kier molecular flexibility index (Phi) is 1.38. The maximum absolute atomic E-state index is 10.9. The molecule has 2 rings (SSSR count). The van der Waals surface area contributed by atoms with Crippen molar-refractivity contribution in [2.75, 3.05) is 20.1 Å². The first-order valence-electron chi connectivity index (χ1n) is 3.98. The van der Waals surface area contributed by atoms with Crippen molar-refractivity contribution in [2.45, 2.75) is 12.0 Å². The Labute approximate surface area is 70.6 Å². The molecule has 0 radical (unpaired) electrons. The molecule has 5 nitrogen and oxygen atoms in total. The highest BCUT2D eigenvalue weighted by atomic mass is 16.2. The van der Waals surface area contributed by atoms with Crippen LogP contribution in [0.25, 0.3) is 0 Å². The number of rotatable bonds is 0. The molecule has 1 unspecified atom stereocenters. The zero-order valence-corrected chi connectivity index (χ0v) is 7.00. The van der Waals surface area contributed by atoms with E-state index in [1.54, 1.807) is 0 Å². The van der Waals surface area contributed by atoms with Crippen LogP contribution in [-0.4, -0.2) is 42.4 Å². The van der Waals surface area contributed by atoms with Crippen molar-refractivity contribution in [1.82, 2.24) is 10.2 Å². The highest BCUT2D eigenvalue weighted by Gasteiger charge is 2.45. The van der Waals surface area contributed by atoms with Crippen LogP contribution >= 0.6 is 0 Å². The second-order valence-corrected chi connectivity index (χ2v) is 3.50. The average molecular weight is 168 g/mol. The Hall–Kier alpha value is -1.10. The highest BCUT2D eigenvalue weighted by Crippen LogP contribution is 2.23. The summed E-state index contributed by atoms with van der Waals surface area (Å²) in [7, 11) is 2.01. The molecule has 3 N–H and O–H groups in total. The molecule has 0 aromatic carbocycles. The largest absolute Gasteiger partial charge is 0.385 e. The minimum Gasteiger partial charge on any atom is -0.385 e. The van der Waals surface area contributed by atoms with Gasteiger partial charge in [-0.1, -0.05) is 0 Å². The predicted molar refractivity (Wildman–Crippen MR) is 45.0 cm³/mol. The molecule has 1 spiro atoms. The Balaban J connectivity index is 2.24. The number of nitrogens with zero attached hydrogens (tertiary/aromatic N) is 2. The fraction of sp³-hybridized carbons (Fsp3) is 0.714. The third-order valence-corrected chi connectivity index (χ3v) is 2.52. The summed E-state index contributed by atoms with van der Waals surface area (Å²) >= 11 is 0. The van der Waals surface area contributed by atoms with Gasteiger partial charge in [-0.2, -0.15) is 4.99 Å². The first-order chi connectivity index (χ1) is 5.62. The quantitative estimate of drug-likeness (QED) is 0.494. The number of carbonyl (C=O) groups is 1. The molecule has 1 fully saturated rings. The highest BCUT2D eigenvalue weighted by molar-refractivity contribution is 6.06. The second kappa shape index (κ2) is 2.20. The molecule has 0 bridgehead atoms. The molecule has 1 atom stereocenters. The van der Waals surface area contributed by atoms with E-state index in [-0.39, 0.29) is 11.6 Å². The van der Waals surface area contributed by atoms with Crippen LogP contribution in [0.5, 0.6) is 0 Å². The third kappa shape index (κ3) is 0.896. The lowest BCUT2D eigenvalue weighted by Gasteiger charge is -2.22. The summed E-state index contributed by atoms with van der Waals surface area (Å²) in [5.41, 5.74) is 5.31. The van der Waals surface area contributed by atoms with Crippen LogP contribution in [0.3, 0.4) is 0 Å². The molecular weight excluding hydrogens is 156 g/mol. The van der Waals surface area contributed by atoms with Crippen molar-refractivity contribution in [3.63, 3.8) is 0 Å². The van der Waals surface area contributed by atoms with E-state index in [9.17, 15) is 4.79 Å². The van der Waals surface area contributed by atoms with Gasteiger partial charge in [0.05, 0.1) is 0 Å². The maximum atomic E-state index is 10.9. The van der Waals surface area contributed by atoms with E-state index in [0.29, 0.717) is 5.84 Å². The van der Waals surface area contributed by atoms with Gasteiger partial charge in [0.2, 0.25) is 0 Å². The van der Waals surface area contributed by atoms with E-state index in [2.05, 4.69) is 15.2 Å². The first kappa shape index (κ1) is 7.54. The van der Waals surface area contributed by atoms with Crippen LogP contribution in [0.4, 0.5) is 4.79 Å². The van der Waals surface area contributed by atoms with Crippen LogP contribution < -0.4 is 11.1 Å². The molecule has 66 valence electrons. The SMILES string of the molecule is CN1CCC2(C1)NC(=O)N=C2N. The summed E-state index contributed by atoms with van der Waals surface area (Å²) in [5, 5.41) is 2.80. The number of urea groups is 1. The van der Waals surface area contributed by atoms with Crippen molar-refractivity contribution in [3.8, 4) is 0 Å². The topological polar surface area (TPSA) is 70.7 Å². The van der Waals surface area contributed by atoms with E-state index in [0.717, 1.165) is 19.5 Å². The standard InChI is InChI=1S/C7H12N4O/c1-11-3-2-7(4-11)5(8)9-6(12)10-7/h2-4H2,1H3,(H3,8,9,10,12). The first-order valence-corrected chi connectivity index (χ1v) is 3.98. The van der Waals surface area contributed by atoms with E-state index in [1.807, 2.05) is 7.05 Å². The number of hydrogen-bond acceptors (Lipinski definition) is 3. The Bertz CT molecular complexity index is 262. The normalized spacial score (nSPS) is 35.8. The predicted octanol–water partition coefficient (Wildman–Crippen LogP) is -0.859. The minimum absolute atomic E-state index is 0.303. The Morgan fingerprint density at radius 2 is 2.50 bits per heavy atom. The molecule has 2 aliphatic heterocycles. The molecule has 0 aliphatic carbocycles. The lowest BCUT2D eigenvalue weighted by molar-refractivity contribution is 0.246. The third-order valence-electron chi connectivity index (χ3n) is 2.52. The van der Waals surface area contributed by atoms with E-state index >= 15 is 0 Å². The molecule has 5 heteroatoms. The van der Waals surface area contributed by atoms with Crippen LogP contribution in [0.2, 0.25) is 0 Å². The van der Waals surface area contributed by atoms with Gasteiger partial charge in [0, 0.05) is 13.1 Å². The van der Waals surface area contributed by atoms with Crippen molar-refractivity contribution in [2.24, 2.45) is 10.7 Å². The molecule has 2 heterocycles. The smallest absolute Gasteiger partial charge is 0.343 e. The number of likely N-dealkylation sites (tertiary alicyclic amines) is 1. The summed E-state index contributed by atoms with van der Waals surface area (Å²) in [6.07, 6.45) is 0.866. The van der Waals surface area contributed by atoms with Gasteiger partial charge in [0.15, 0.2) is 0 Å². The van der Waals surface area contributed by atoms with Gasteiger partial charge in [0.25, 0.3) is 0 Å². The van der Waals surface area contributed by atoms with Gasteiger partial charge in [0.1, 0.15) is 11.4 Å². The summed E-state index contributed by atoms with van der Waals surface area (Å²) in [4.78, 5) is 16.7. The summed E-state index contributed by atoms with van der Waals surface area (Å²) in [6.45, 7) is 1.73. The van der Waals surface area contributed by atoms with Crippen LogP contribution in [-0.2, 0) is 0 Å². The van der Waals surface area contributed by atoms with Crippen LogP contribution in [0, 0.1) is 0 Å². The number of amidine groups is 1. The molecule has 0 aromatic rings. The average Bonchev–Trinajstić information content (AvgIpc) is 2.43.